The lowest BCUT2D eigenvalue weighted by Crippen LogP contribution is -2.19. The van der Waals surface area contributed by atoms with Gasteiger partial charge in [-0.1, -0.05) is 6.92 Å². The first-order valence-corrected chi connectivity index (χ1v) is 9.84. The lowest BCUT2D eigenvalue weighted by Gasteiger charge is -2.10. The molecule has 0 aliphatic carbocycles. The molecule has 29 heavy (non-hydrogen) atoms. The van der Waals surface area contributed by atoms with Crippen molar-refractivity contribution in [2.45, 2.75) is 18.0 Å². The maximum absolute atomic E-state index is 13.0. The van der Waals surface area contributed by atoms with Crippen molar-refractivity contribution in [3.63, 3.8) is 0 Å². The Hall–Kier alpha value is -2.75. The first-order chi connectivity index (χ1) is 13.6. The zero-order valence-electron chi connectivity index (χ0n) is 16.2. The number of aryl methyl sites for hydroxylation is 3. The third-order valence-corrected chi connectivity index (χ3v) is 5.91. The van der Waals surface area contributed by atoms with Gasteiger partial charge >= 0.3 is 11.9 Å². The fourth-order valence-corrected chi connectivity index (χ4v) is 4.27. The van der Waals surface area contributed by atoms with E-state index in [2.05, 4.69) is 9.97 Å². The summed E-state index contributed by atoms with van der Waals surface area (Å²) in [5.41, 5.74) is 1.89. The molecule has 0 spiro atoms. The number of rotatable bonds is 3. The van der Waals surface area contributed by atoms with Crippen LogP contribution in [0.2, 0.25) is 0 Å². The van der Waals surface area contributed by atoms with E-state index in [0.29, 0.717) is 11.3 Å². The number of nitrogens with zero attached hydrogens (tertiary/aromatic N) is 5. The molecule has 0 bridgehead atoms. The highest BCUT2D eigenvalue weighted by atomic mass is 32.2. The summed E-state index contributed by atoms with van der Waals surface area (Å²) in [5, 5.41) is 0. The van der Waals surface area contributed by atoms with Gasteiger partial charge in [0.05, 0.1) is 28.3 Å². The standard InChI is InChI=1S/C19H18F3N5OS/c1-5-29-15-8-13-12(26(3)18(28)27(13)4)6-10(15)17-24-11-7-16(19(20,21)22)23-9-14(11)25(17)2/h6-9H,5H2,1-4H3. The van der Waals surface area contributed by atoms with E-state index in [9.17, 15) is 18.0 Å². The predicted octanol–water partition coefficient (Wildman–Crippen LogP) is 3.96. The van der Waals surface area contributed by atoms with Gasteiger partial charge in [0.15, 0.2) is 0 Å². The first kappa shape index (κ1) is 19.6. The summed E-state index contributed by atoms with van der Waals surface area (Å²) in [6.07, 6.45) is -3.34. The van der Waals surface area contributed by atoms with Gasteiger partial charge in [-0.3, -0.25) is 9.13 Å². The molecule has 6 nitrogen and oxygen atoms in total. The highest BCUT2D eigenvalue weighted by molar-refractivity contribution is 7.99. The van der Waals surface area contributed by atoms with Crippen LogP contribution in [0, 0.1) is 0 Å². The second-order valence-electron chi connectivity index (χ2n) is 6.72. The molecule has 0 saturated carbocycles. The minimum atomic E-state index is -4.53. The molecule has 1 aromatic carbocycles. The Morgan fingerprint density at radius 1 is 1.00 bits per heavy atom. The first-order valence-electron chi connectivity index (χ1n) is 8.85. The van der Waals surface area contributed by atoms with E-state index in [1.54, 1.807) is 46.6 Å². The van der Waals surface area contributed by atoms with E-state index in [1.165, 1.54) is 6.20 Å². The largest absolute Gasteiger partial charge is 0.433 e. The van der Waals surface area contributed by atoms with Gasteiger partial charge in [-0.15, -0.1) is 11.8 Å². The summed E-state index contributed by atoms with van der Waals surface area (Å²) in [6, 6.07) is 4.76. The Bertz CT molecular complexity index is 1320. The summed E-state index contributed by atoms with van der Waals surface area (Å²) in [7, 11) is 5.15. The fourth-order valence-electron chi connectivity index (χ4n) is 3.46. The topological polar surface area (TPSA) is 57.6 Å². The monoisotopic (exact) mass is 421 g/mol. The molecule has 0 aliphatic heterocycles. The van der Waals surface area contributed by atoms with E-state index >= 15 is 0 Å². The molecule has 4 aromatic rings. The normalized spacial score (nSPS) is 12.4. The smallest absolute Gasteiger partial charge is 0.326 e. The number of hydrogen-bond acceptors (Lipinski definition) is 4. The lowest BCUT2D eigenvalue weighted by molar-refractivity contribution is -0.141. The van der Waals surface area contributed by atoms with Gasteiger partial charge in [0.2, 0.25) is 0 Å². The van der Waals surface area contributed by atoms with Gasteiger partial charge in [-0.2, -0.15) is 13.2 Å². The van der Waals surface area contributed by atoms with Crippen molar-refractivity contribution in [2.24, 2.45) is 21.1 Å². The number of benzene rings is 1. The highest BCUT2D eigenvalue weighted by Gasteiger charge is 2.33. The van der Waals surface area contributed by atoms with Crippen molar-refractivity contribution >= 4 is 33.8 Å². The molecule has 0 aliphatic rings. The van der Waals surface area contributed by atoms with Crippen LogP contribution in [-0.4, -0.2) is 29.4 Å². The molecule has 3 aromatic heterocycles. The predicted molar refractivity (Wildman–Crippen MR) is 107 cm³/mol. The fraction of sp³-hybridized carbons (Fsp3) is 0.316. The molecule has 0 atom stereocenters. The van der Waals surface area contributed by atoms with Crippen molar-refractivity contribution in [2.75, 3.05) is 5.75 Å². The van der Waals surface area contributed by atoms with E-state index in [0.717, 1.165) is 33.3 Å². The average Bonchev–Trinajstić information content (AvgIpc) is 3.10. The van der Waals surface area contributed by atoms with Crippen LogP contribution in [0.25, 0.3) is 33.5 Å². The third kappa shape index (κ3) is 3.02. The van der Waals surface area contributed by atoms with Crippen LogP contribution in [-0.2, 0) is 27.3 Å². The summed E-state index contributed by atoms with van der Waals surface area (Å²) in [5.74, 6) is 1.32. The number of hydrogen-bond donors (Lipinski definition) is 0. The van der Waals surface area contributed by atoms with Crippen LogP contribution in [0.4, 0.5) is 13.2 Å². The Kier molecular flexibility index (Phi) is 4.49. The van der Waals surface area contributed by atoms with Crippen molar-refractivity contribution in [3.05, 3.63) is 40.6 Å². The SMILES string of the molecule is CCSc1cc2c(cc1-c1nc3cc(C(F)(F)F)ncc3n1C)n(C)c(=O)n2C. The molecule has 152 valence electrons. The molecule has 0 fully saturated rings. The Balaban J connectivity index is 2.01. The third-order valence-electron chi connectivity index (χ3n) is 4.97. The summed E-state index contributed by atoms with van der Waals surface area (Å²) < 4.78 is 44.0. The zero-order valence-corrected chi connectivity index (χ0v) is 17.0. The number of alkyl halides is 3. The van der Waals surface area contributed by atoms with Gasteiger partial charge < -0.3 is 4.57 Å². The summed E-state index contributed by atoms with van der Waals surface area (Å²) >= 11 is 1.59. The number of aromatic nitrogens is 5. The van der Waals surface area contributed by atoms with E-state index < -0.39 is 11.9 Å². The van der Waals surface area contributed by atoms with Crippen molar-refractivity contribution in [1.29, 1.82) is 0 Å². The number of pyridine rings is 1. The molecule has 3 heterocycles. The molecular weight excluding hydrogens is 403 g/mol. The Morgan fingerprint density at radius 2 is 1.66 bits per heavy atom. The van der Waals surface area contributed by atoms with Crippen LogP contribution in [0.1, 0.15) is 12.6 Å². The maximum atomic E-state index is 13.0. The van der Waals surface area contributed by atoms with Crippen LogP contribution in [0.5, 0.6) is 0 Å². The van der Waals surface area contributed by atoms with Crippen LogP contribution >= 0.6 is 11.8 Å². The van der Waals surface area contributed by atoms with Crippen LogP contribution in [0.15, 0.2) is 34.1 Å². The van der Waals surface area contributed by atoms with Gasteiger partial charge in [0.25, 0.3) is 0 Å². The van der Waals surface area contributed by atoms with Gasteiger partial charge in [-0.05, 0) is 24.0 Å². The average molecular weight is 421 g/mol. The molecule has 10 heteroatoms. The minimum Gasteiger partial charge on any atom is -0.326 e. The molecule has 0 N–H and O–H groups in total. The number of halogens is 3. The second kappa shape index (κ2) is 6.65. The molecule has 0 unspecified atom stereocenters. The molecular formula is C19H18F3N5OS. The number of fused-ring (bicyclic) bond motifs is 2. The van der Waals surface area contributed by atoms with E-state index in [-0.39, 0.29) is 11.2 Å². The van der Waals surface area contributed by atoms with Crippen molar-refractivity contribution < 1.29 is 13.2 Å². The van der Waals surface area contributed by atoms with E-state index in [1.807, 2.05) is 19.1 Å². The summed E-state index contributed by atoms with van der Waals surface area (Å²) in [6.45, 7) is 2.01. The van der Waals surface area contributed by atoms with Crippen molar-refractivity contribution in [1.82, 2.24) is 23.7 Å². The minimum absolute atomic E-state index is 0.145. The molecule has 0 amide bonds. The quantitative estimate of drug-likeness (QED) is 0.470. The molecule has 0 radical (unpaired) electrons. The number of thioether (sulfide) groups is 1. The highest BCUT2D eigenvalue weighted by Crippen LogP contribution is 2.36. The Labute approximate surface area is 168 Å². The zero-order chi connectivity index (χ0) is 21.1. The number of imidazole rings is 2. The van der Waals surface area contributed by atoms with Crippen LogP contribution < -0.4 is 5.69 Å². The van der Waals surface area contributed by atoms with Crippen LogP contribution in [0.3, 0.4) is 0 Å². The van der Waals surface area contributed by atoms with Gasteiger partial charge in [0, 0.05) is 31.6 Å². The Morgan fingerprint density at radius 3 is 2.28 bits per heavy atom. The van der Waals surface area contributed by atoms with Crippen molar-refractivity contribution in [3.8, 4) is 11.4 Å². The second-order valence-corrected chi connectivity index (χ2v) is 8.03. The molecule has 0 saturated heterocycles. The van der Waals surface area contributed by atoms with E-state index in [4.69, 9.17) is 0 Å². The summed E-state index contributed by atoms with van der Waals surface area (Å²) in [4.78, 5) is 21.3. The van der Waals surface area contributed by atoms with Gasteiger partial charge in [-0.25, -0.2) is 14.8 Å². The van der Waals surface area contributed by atoms with Gasteiger partial charge in [0.1, 0.15) is 11.5 Å². The lowest BCUT2D eigenvalue weighted by atomic mass is 10.2. The molecule has 4 rings (SSSR count). The maximum Gasteiger partial charge on any atom is 0.433 e.